The van der Waals surface area contributed by atoms with E-state index >= 15 is 0 Å². The summed E-state index contributed by atoms with van der Waals surface area (Å²) in [5.74, 6) is 1.02. The topological polar surface area (TPSA) is 99.4 Å². The largest absolute Gasteiger partial charge is 0.495 e. The van der Waals surface area contributed by atoms with Gasteiger partial charge in [0.1, 0.15) is 17.9 Å². The van der Waals surface area contributed by atoms with Gasteiger partial charge in [-0.1, -0.05) is 17.7 Å². The van der Waals surface area contributed by atoms with Gasteiger partial charge in [0.2, 0.25) is 17.7 Å². The number of benzene rings is 2. The Bertz CT molecular complexity index is 1220. The third-order valence-electron chi connectivity index (χ3n) is 4.38. The third kappa shape index (κ3) is 4.04. The van der Waals surface area contributed by atoms with Crippen LogP contribution in [0.3, 0.4) is 0 Å². The second-order valence-corrected chi connectivity index (χ2v) is 6.73. The van der Waals surface area contributed by atoms with Gasteiger partial charge in [0.15, 0.2) is 0 Å². The van der Waals surface area contributed by atoms with Crippen molar-refractivity contribution in [2.24, 2.45) is 0 Å². The highest BCUT2D eigenvalue weighted by Crippen LogP contribution is 2.36. The Kier molecular flexibility index (Phi) is 5.49. The second-order valence-electron chi connectivity index (χ2n) is 6.32. The minimum absolute atomic E-state index is 0.102. The van der Waals surface area contributed by atoms with Crippen molar-refractivity contribution in [3.05, 3.63) is 59.6 Å². The van der Waals surface area contributed by atoms with Crippen molar-refractivity contribution in [3.8, 4) is 23.0 Å². The monoisotopic (exact) mass is 424 g/mol. The smallest absolute Gasteiger partial charge is 0.247 e. The zero-order valence-electron chi connectivity index (χ0n) is 16.2. The number of pyridine rings is 1. The van der Waals surface area contributed by atoms with Crippen molar-refractivity contribution >= 4 is 34.1 Å². The first kappa shape index (κ1) is 19.7. The number of fused-ring (bicyclic) bond motifs is 1. The summed E-state index contributed by atoms with van der Waals surface area (Å²) in [5.41, 5.74) is 2.03. The van der Waals surface area contributed by atoms with Crippen molar-refractivity contribution in [3.63, 3.8) is 0 Å². The Morgan fingerprint density at radius 1 is 1.10 bits per heavy atom. The summed E-state index contributed by atoms with van der Waals surface area (Å²) >= 11 is 6.14. The molecule has 2 aromatic carbocycles. The van der Waals surface area contributed by atoms with E-state index in [0.29, 0.717) is 28.1 Å². The standard InChI is InChI=1S/C21H17ClN4O4/c1-28-17-10-18(29-2)16(9-14(17)22)24-19(27)11-20-25-26-21(30-20)13-5-6-15-12(8-13)4-3-7-23-15/h3-10H,11H2,1-2H3,(H,24,27). The van der Waals surface area contributed by atoms with Gasteiger partial charge in [-0.3, -0.25) is 9.78 Å². The van der Waals surface area contributed by atoms with Crippen LogP contribution in [0, 0.1) is 0 Å². The van der Waals surface area contributed by atoms with Crippen LogP contribution in [-0.2, 0) is 11.2 Å². The van der Waals surface area contributed by atoms with Gasteiger partial charge in [0.25, 0.3) is 0 Å². The maximum absolute atomic E-state index is 12.5. The van der Waals surface area contributed by atoms with Gasteiger partial charge in [0, 0.05) is 23.2 Å². The number of nitrogens with one attached hydrogen (secondary N) is 1. The van der Waals surface area contributed by atoms with Gasteiger partial charge in [-0.2, -0.15) is 0 Å². The molecule has 0 aliphatic rings. The number of carbonyl (C=O) groups excluding carboxylic acids is 1. The normalized spacial score (nSPS) is 10.8. The second kappa shape index (κ2) is 8.38. The molecular formula is C21H17ClN4O4. The number of aromatic nitrogens is 3. The summed E-state index contributed by atoms with van der Waals surface area (Å²) in [6.45, 7) is 0. The molecule has 0 radical (unpaired) electrons. The number of methoxy groups -OCH3 is 2. The molecule has 0 saturated carbocycles. The molecular weight excluding hydrogens is 408 g/mol. The highest BCUT2D eigenvalue weighted by molar-refractivity contribution is 6.32. The van der Waals surface area contributed by atoms with Crippen molar-refractivity contribution in [1.29, 1.82) is 0 Å². The van der Waals surface area contributed by atoms with E-state index in [2.05, 4.69) is 20.5 Å². The van der Waals surface area contributed by atoms with Crippen LogP contribution in [0.15, 0.2) is 53.1 Å². The molecule has 2 aromatic heterocycles. The van der Waals surface area contributed by atoms with E-state index in [-0.39, 0.29) is 18.2 Å². The summed E-state index contributed by atoms with van der Waals surface area (Å²) in [6.07, 6.45) is 1.63. The molecule has 4 rings (SSSR count). The number of rotatable bonds is 6. The van der Waals surface area contributed by atoms with Crippen molar-refractivity contribution in [2.75, 3.05) is 19.5 Å². The molecule has 1 amide bonds. The minimum atomic E-state index is -0.354. The zero-order chi connectivity index (χ0) is 21.1. The van der Waals surface area contributed by atoms with Crippen LogP contribution in [-0.4, -0.2) is 35.3 Å². The maximum atomic E-state index is 12.5. The van der Waals surface area contributed by atoms with E-state index in [1.54, 1.807) is 18.3 Å². The van der Waals surface area contributed by atoms with E-state index in [9.17, 15) is 4.79 Å². The summed E-state index contributed by atoms with van der Waals surface area (Å²) < 4.78 is 16.1. The number of hydrogen-bond donors (Lipinski definition) is 1. The Hall–Kier alpha value is -3.65. The van der Waals surface area contributed by atoms with Crippen LogP contribution in [0.25, 0.3) is 22.4 Å². The lowest BCUT2D eigenvalue weighted by atomic mass is 10.1. The molecule has 1 N–H and O–H groups in total. The molecule has 0 unspecified atom stereocenters. The number of hydrogen-bond acceptors (Lipinski definition) is 7. The van der Waals surface area contributed by atoms with Gasteiger partial charge in [-0.15, -0.1) is 10.2 Å². The van der Waals surface area contributed by atoms with Crippen LogP contribution < -0.4 is 14.8 Å². The Labute approximate surface area is 176 Å². The first-order chi connectivity index (χ1) is 14.6. The minimum Gasteiger partial charge on any atom is -0.495 e. The summed E-state index contributed by atoms with van der Waals surface area (Å²) in [4.78, 5) is 16.7. The first-order valence-corrected chi connectivity index (χ1v) is 9.34. The summed E-state index contributed by atoms with van der Waals surface area (Å²) in [6, 6.07) is 12.6. The molecule has 0 fully saturated rings. The molecule has 0 atom stereocenters. The van der Waals surface area contributed by atoms with Crippen molar-refractivity contribution < 1.29 is 18.7 Å². The molecule has 0 aliphatic carbocycles. The van der Waals surface area contributed by atoms with Gasteiger partial charge < -0.3 is 19.2 Å². The van der Waals surface area contributed by atoms with E-state index in [4.69, 9.17) is 25.5 Å². The van der Waals surface area contributed by atoms with E-state index < -0.39 is 0 Å². The van der Waals surface area contributed by atoms with Gasteiger partial charge in [-0.25, -0.2) is 0 Å². The number of ether oxygens (including phenoxy) is 2. The van der Waals surface area contributed by atoms with Crippen LogP contribution in [0.1, 0.15) is 5.89 Å². The summed E-state index contributed by atoms with van der Waals surface area (Å²) in [7, 11) is 2.99. The van der Waals surface area contributed by atoms with E-state index in [1.165, 1.54) is 14.2 Å². The van der Waals surface area contributed by atoms with Crippen molar-refractivity contribution in [2.45, 2.75) is 6.42 Å². The molecule has 8 nitrogen and oxygen atoms in total. The average molecular weight is 425 g/mol. The molecule has 9 heteroatoms. The summed E-state index contributed by atoms with van der Waals surface area (Å²) in [5, 5.41) is 12.1. The Morgan fingerprint density at radius 2 is 1.93 bits per heavy atom. The molecule has 0 aliphatic heterocycles. The number of halogens is 1. The van der Waals surface area contributed by atoms with Crippen LogP contribution in [0.5, 0.6) is 11.5 Å². The molecule has 0 bridgehead atoms. The highest BCUT2D eigenvalue weighted by atomic mass is 35.5. The molecule has 0 spiro atoms. The fourth-order valence-corrected chi connectivity index (χ4v) is 3.18. The van der Waals surface area contributed by atoms with Crippen LogP contribution >= 0.6 is 11.6 Å². The lowest BCUT2D eigenvalue weighted by Gasteiger charge is -2.12. The maximum Gasteiger partial charge on any atom is 0.247 e. The predicted molar refractivity (Wildman–Crippen MR) is 112 cm³/mol. The third-order valence-corrected chi connectivity index (χ3v) is 4.67. The average Bonchev–Trinajstić information content (AvgIpc) is 3.22. The molecule has 0 saturated heterocycles. The van der Waals surface area contributed by atoms with Crippen LogP contribution in [0.4, 0.5) is 5.69 Å². The van der Waals surface area contributed by atoms with Gasteiger partial charge in [0.05, 0.1) is 30.4 Å². The quantitative estimate of drug-likeness (QED) is 0.496. The SMILES string of the molecule is COc1cc(OC)c(NC(=O)Cc2nnc(-c3ccc4ncccc4c3)o2)cc1Cl. The molecule has 2 heterocycles. The first-order valence-electron chi connectivity index (χ1n) is 8.96. The Balaban J connectivity index is 1.49. The number of amides is 1. The van der Waals surface area contributed by atoms with Gasteiger partial charge in [-0.05, 0) is 30.3 Å². The van der Waals surface area contributed by atoms with Crippen LogP contribution in [0.2, 0.25) is 5.02 Å². The molecule has 152 valence electrons. The highest BCUT2D eigenvalue weighted by Gasteiger charge is 2.16. The fourth-order valence-electron chi connectivity index (χ4n) is 2.94. The number of nitrogens with zero attached hydrogens (tertiary/aromatic N) is 3. The molecule has 30 heavy (non-hydrogen) atoms. The van der Waals surface area contributed by atoms with Crippen molar-refractivity contribution in [1.82, 2.24) is 15.2 Å². The van der Waals surface area contributed by atoms with Gasteiger partial charge >= 0.3 is 0 Å². The molecule has 4 aromatic rings. The fraction of sp³-hybridized carbons (Fsp3) is 0.143. The lowest BCUT2D eigenvalue weighted by Crippen LogP contribution is -2.15. The lowest BCUT2D eigenvalue weighted by molar-refractivity contribution is -0.115. The van der Waals surface area contributed by atoms with E-state index in [0.717, 1.165) is 16.5 Å². The van der Waals surface area contributed by atoms with E-state index in [1.807, 2.05) is 30.3 Å². The number of anilines is 1. The zero-order valence-corrected chi connectivity index (χ0v) is 16.9. The predicted octanol–water partition coefficient (Wildman–Crippen LogP) is 4.14. The number of carbonyl (C=O) groups is 1. The Morgan fingerprint density at radius 3 is 2.73 bits per heavy atom.